The first-order valence-corrected chi connectivity index (χ1v) is 12.0. The van der Waals surface area contributed by atoms with Crippen LogP contribution in [-0.2, 0) is 11.3 Å². The quantitative estimate of drug-likeness (QED) is 0.300. The largest absolute Gasteiger partial charge is 0.486 e. The van der Waals surface area contributed by atoms with Gasteiger partial charge in [-0.15, -0.1) is 0 Å². The Balaban J connectivity index is 1.30. The molecule has 0 saturated carbocycles. The van der Waals surface area contributed by atoms with Crippen molar-refractivity contribution in [2.45, 2.75) is 19.1 Å². The minimum atomic E-state index is 0.154. The van der Waals surface area contributed by atoms with Crippen LogP contribution < -0.4 is 20.7 Å². The Hall–Kier alpha value is -3.95. The zero-order chi connectivity index (χ0) is 24.7. The maximum Gasteiger partial charge on any atom is 0.289 e. The zero-order valence-corrected chi connectivity index (χ0v) is 20.5. The van der Waals surface area contributed by atoms with Crippen molar-refractivity contribution in [2.75, 3.05) is 30.8 Å². The van der Waals surface area contributed by atoms with Gasteiger partial charge in [0.2, 0.25) is 0 Å². The van der Waals surface area contributed by atoms with Gasteiger partial charge in [-0.3, -0.25) is 4.98 Å². The smallest absolute Gasteiger partial charge is 0.289 e. The summed E-state index contributed by atoms with van der Waals surface area (Å²) < 4.78 is 11.5. The molecule has 0 bridgehead atoms. The molecule has 36 heavy (non-hydrogen) atoms. The van der Waals surface area contributed by atoms with Gasteiger partial charge in [0.25, 0.3) is 6.02 Å². The van der Waals surface area contributed by atoms with Crippen molar-refractivity contribution < 1.29 is 9.47 Å². The zero-order valence-electron chi connectivity index (χ0n) is 19.7. The van der Waals surface area contributed by atoms with Gasteiger partial charge in [-0.2, -0.15) is 0 Å². The molecule has 2 aromatic carbocycles. The molecule has 4 aromatic rings. The van der Waals surface area contributed by atoms with E-state index in [4.69, 9.17) is 21.1 Å². The number of aliphatic imine (C=N–C) groups is 1. The van der Waals surface area contributed by atoms with Gasteiger partial charge in [-0.1, -0.05) is 17.7 Å². The van der Waals surface area contributed by atoms with Gasteiger partial charge in [0.05, 0.1) is 22.3 Å². The Morgan fingerprint density at radius 2 is 1.92 bits per heavy atom. The lowest BCUT2D eigenvalue weighted by Crippen LogP contribution is -2.16. The molecule has 3 N–H and O–H groups in total. The third-order valence-corrected chi connectivity index (χ3v) is 5.92. The van der Waals surface area contributed by atoms with Gasteiger partial charge < -0.3 is 25.4 Å². The van der Waals surface area contributed by atoms with Crippen LogP contribution in [0.4, 0.5) is 17.2 Å². The Morgan fingerprint density at radius 1 is 1.03 bits per heavy atom. The highest BCUT2D eigenvalue weighted by atomic mass is 35.5. The number of nitrogens with zero attached hydrogens (tertiary/aromatic N) is 4. The van der Waals surface area contributed by atoms with Crippen molar-refractivity contribution in [3.05, 3.63) is 77.8 Å². The third-order valence-electron chi connectivity index (χ3n) is 5.62. The number of aromatic nitrogens is 3. The highest BCUT2D eigenvalue weighted by molar-refractivity contribution is 6.32. The number of rotatable bonds is 9. The fourth-order valence-corrected chi connectivity index (χ4v) is 4.00. The number of hydrogen-bond donors (Lipinski definition) is 3. The first-order chi connectivity index (χ1) is 17.7. The highest BCUT2D eigenvalue weighted by Crippen LogP contribution is 2.31. The molecule has 1 aliphatic heterocycles. The summed E-state index contributed by atoms with van der Waals surface area (Å²) in [5, 5.41) is 11.1. The Morgan fingerprint density at radius 3 is 2.75 bits per heavy atom. The lowest BCUT2D eigenvalue weighted by atomic mass is 10.2. The average molecular weight is 504 g/mol. The van der Waals surface area contributed by atoms with Crippen LogP contribution in [0.25, 0.3) is 10.9 Å². The van der Waals surface area contributed by atoms with E-state index in [1.54, 1.807) is 12.3 Å². The Bertz CT molecular complexity index is 1370. The Kier molecular flexibility index (Phi) is 7.39. The number of benzene rings is 2. The SMILES string of the molecule is CNCCC1COC(Nc2ccc3ncnc(Nc4ccc(OCc5ccccn5)c(Cl)c4)c3c2)=N1. The van der Waals surface area contributed by atoms with E-state index >= 15 is 0 Å². The normalized spacial score (nSPS) is 14.8. The molecular weight excluding hydrogens is 478 g/mol. The van der Waals surface area contributed by atoms with Crippen molar-refractivity contribution in [3.63, 3.8) is 0 Å². The molecule has 0 radical (unpaired) electrons. The Labute approximate surface area is 214 Å². The second-order valence-electron chi connectivity index (χ2n) is 8.25. The molecule has 0 spiro atoms. The molecule has 3 heterocycles. The van der Waals surface area contributed by atoms with E-state index in [0.717, 1.165) is 40.9 Å². The molecule has 9 nitrogen and oxygen atoms in total. The molecule has 1 unspecified atom stereocenters. The van der Waals surface area contributed by atoms with Crippen molar-refractivity contribution in [1.82, 2.24) is 20.3 Å². The number of halogens is 1. The van der Waals surface area contributed by atoms with E-state index < -0.39 is 0 Å². The van der Waals surface area contributed by atoms with Crippen molar-refractivity contribution in [1.29, 1.82) is 0 Å². The number of hydrogen-bond acceptors (Lipinski definition) is 9. The molecule has 0 amide bonds. The predicted molar refractivity (Wildman–Crippen MR) is 142 cm³/mol. The molecule has 0 fully saturated rings. The van der Waals surface area contributed by atoms with E-state index in [9.17, 15) is 0 Å². The number of pyridine rings is 1. The van der Waals surface area contributed by atoms with E-state index in [-0.39, 0.29) is 6.04 Å². The van der Waals surface area contributed by atoms with Crippen molar-refractivity contribution >= 4 is 45.7 Å². The summed E-state index contributed by atoms with van der Waals surface area (Å²) in [6.45, 7) is 1.81. The standard InChI is InChI=1S/C26H26ClN7O2/c1-28-11-9-20-15-36-26(34-20)33-17-5-7-23-21(12-17)25(31-16-30-23)32-18-6-8-24(22(27)13-18)35-14-19-4-2-3-10-29-19/h2-8,10,12-13,16,20,28H,9,11,14-15H2,1H3,(H,33,34)(H,30,31,32). The summed E-state index contributed by atoms with van der Waals surface area (Å²) in [4.78, 5) is 17.7. The highest BCUT2D eigenvalue weighted by Gasteiger charge is 2.18. The molecule has 0 aliphatic carbocycles. The van der Waals surface area contributed by atoms with Crippen LogP contribution in [-0.4, -0.2) is 47.2 Å². The molecule has 1 aliphatic rings. The number of anilines is 3. The van der Waals surface area contributed by atoms with Crippen LogP contribution in [0.3, 0.4) is 0 Å². The van der Waals surface area contributed by atoms with Crippen molar-refractivity contribution in [2.24, 2.45) is 4.99 Å². The van der Waals surface area contributed by atoms with Gasteiger partial charge in [0, 0.05) is 23.0 Å². The average Bonchev–Trinajstić information content (AvgIpc) is 3.35. The van der Waals surface area contributed by atoms with E-state index in [0.29, 0.717) is 35.8 Å². The summed E-state index contributed by atoms with van der Waals surface area (Å²) in [6.07, 6.45) is 4.19. The van der Waals surface area contributed by atoms with Gasteiger partial charge in [-0.05, 0) is 68.5 Å². The van der Waals surface area contributed by atoms with Gasteiger partial charge in [-0.25, -0.2) is 15.0 Å². The fourth-order valence-electron chi connectivity index (χ4n) is 3.77. The maximum absolute atomic E-state index is 6.48. The maximum atomic E-state index is 6.48. The van der Waals surface area contributed by atoms with Crippen molar-refractivity contribution in [3.8, 4) is 5.75 Å². The van der Waals surface area contributed by atoms with Crippen LogP contribution in [0.5, 0.6) is 5.75 Å². The molecule has 2 aromatic heterocycles. The van der Waals surface area contributed by atoms with Gasteiger partial charge >= 0.3 is 0 Å². The summed E-state index contributed by atoms with van der Waals surface area (Å²) in [6, 6.07) is 17.7. The molecule has 0 saturated heterocycles. The second-order valence-corrected chi connectivity index (χ2v) is 8.66. The minimum Gasteiger partial charge on any atom is -0.486 e. The summed E-state index contributed by atoms with van der Waals surface area (Å²) in [5.74, 6) is 1.24. The fraction of sp³-hybridized carbons (Fsp3) is 0.231. The lowest BCUT2D eigenvalue weighted by Gasteiger charge is -2.12. The monoisotopic (exact) mass is 503 g/mol. The molecule has 184 valence electrons. The van der Waals surface area contributed by atoms with Gasteiger partial charge in [0.1, 0.15) is 31.1 Å². The van der Waals surface area contributed by atoms with Crippen LogP contribution in [0.1, 0.15) is 12.1 Å². The summed E-state index contributed by atoms with van der Waals surface area (Å²) in [5.41, 5.74) is 3.25. The molecule has 1 atom stereocenters. The molecule has 10 heteroatoms. The first kappa shape index (κ1) is 23.8. The van der Waals surface area contributed by atoms with E-state index in [2.05, 4.69) is 35.9 Å². The number of nitrogens with one attached hydrogen (secondary N) is 3. The van der Waals surface area contributed by atoms with E-state index in [1.165, 1.54) is 6.33 Å². The molecule has 5 rings (SSSR count). The lowest BCUT2D eigenvalue weighted by molar-refractivity contribution is 0.301. The van der Waals surface area contributed by atoms with E-state index in [1.807, 2.05) is 55.6 Å². The molecular formula is C26H26ClN7O2. The van der Waals surface area contributed by atoms with Crippen LogP contribution >= 0.6 is 11.6 Å². The number of fused-ring (bicyclic) bond motifs is 1. The number of ether oxygens (including phenoxy) is 2. The summed E-state index contributed by atoms with van der Waals surface area (Å²) >= 11 is 6.48. The van der Waals surface area contributed by atoms with Crippen LogP contribution in [0, 0.1) is 0 Å². The summed E-state index contributed by atoms with van der Waals surface area (Å²) in [7, 11) is 1.93. The predicted octanol–water partition coefficient (Wildman–Crippen LogP) is 4.78. The van der Waals surface area contributed by atoms with Crippen LogP contribution in [0.2, 0.25) is 5.02 Å². The third kappa shape index (κ3) is 5.81. The topological polar surface area (TPSA) is 106 Å². The minimum absolute atomic E-state index is 0.154. The van der Waals surface area contributed by atoms with Gasteiger partial charge in [0.15, 0.2) is 0 Å². The van der Waals surface area contributed by atoms with Crippen LogP contribution in [0.15, 0.2) is 72.1 Å². The number of amidine groups is 1. The first-order valence-electron chi connectivity index (χ1n) is 11.6. The second kappa shape index (κ2) is 11.2.